The second-order valence-electron chi connectivity index (χ2n) is 6.74. The second kappa shape index (κ2) is 8.94. The molecule has 1 aliphatic rings. The highest BCUT2D eigenvalue weighted by atomic mass is 16.5. The summed E-state index contributed by atoms with van der Waals surface area (Å²) in [5.74, 6) is -0.0529. The van der Waals surface area contributed by atoms with E-state index in [0.29, 0.717) is 6.54 Å². The van der Waals surface area contributed by atoms with E-state index in [1.165, 1.54) is 11.1 Å². The number of hydrogen-bond donors (Lipinski definition) is 1. The van der Waals surface area contributed by atoms with Crippen molar-refractivity contribution < 1.29 is 9.53 Å². The lowest BCUT2D eigenvalue weighted by Gasteiger charge is -2.26. The van der Waals surface area contributed by atoms with Crippen LogP contribution in [0.1, 0.15) is 11.1 Å². The molecule has 2 aromatic rings. The van der Waals surface area contributed by atoms with Crippen LogP contribution in [0.5, 0.6) is 0 Å². The molecule has 3 rings (SSSR count). The molecule has 2 aromatic carbocycles. The summed E-state index contributed by atoms with van der Waals surface area (Å²) in [5, 5.41) is 0. The number of hydrogen-bond acceptors (Lipinski definition) is 4. The van der Waals surface area contributed by atoms with Crippen LogP contribution in [-0.4, -0.2) is 55.6 Å². The van der Waals surface area contributed by atoms with Crippen LogP contribution in [0.15, 0.2) is 48.5 Å². The van der Waals surface area contributed by atoms with Gasteiger partial charge >= 0.3 is 0 Å². The van der Waals surface area contributed by atoms with Crippen LogP contribution >= 0.6 is 0 Å². The first-order valence-electron chi connectivity index (χ1n) is 9.08. The summed E-state index contributed by atoms with van der Waals surface area (Å²) in [6, 6.07) is 17.0. The number of ether oxygens (including phenoxy) is 1. The normalized spacial score (nSPS) is 15.0. The maximum atomic E-state index is 11.7. The Hall–Kier alpha value is -2.21. The molecule has 138 valence electrons. The number of likely N-dealkylation sites (N-methyl/N-ethyl adjacent to an activating group) is 1. The fourth-order valence-corrected chi connectivity index (χ4v) is 3.19. The fourth-order valence-electron chi connectivity index (χ4n) is 3.19. The number of nitrogens with two attached hydrogens (primary N) is 1. The van der Waals surface area contributed by atoms with Crippen molar-refractivity contribution in [3.05, 3.63) is 59.7 Å². The molecular weight excluding hydrogens is 326 g/mol. The Kier molecular flexibility index (Phi) is 6.39. The monoisotopic (exact) mass is 353 g/mol. The highest BCUT2D eigenvalue weighted by Crippen LogP contribution is 2.22. The number of rotatable bonds is 6. The first-order valence-corrected chi connectivity index (χ1v) is 9.08. The van der Waals surface area contributed by atoms with Crippen molar-refractivity contribution >= 4 is 5.91 Å². The molecule has 0 aliphatic carbocycles. The smallest absolute Gasteiger partial charge is 0.236 e. The summed E-state index contributed by atoms with van der Waals surface area (Å²) < 4.78 is 5.40. The molecule has 1 heterocycles. The highest BCUT2D eigenvalue weighted by Gasteiger charge is 2.11. The molecule has 0 aromatic heterocycles. The van der Waals surface area contributed by atoms with E-state index in [-0.39, 0.29) is 12.5 Å². The molecule has 1 aliphatic heterocycles. The average molecular weight is 353 g/mol. The van der Waals surface area contributed by atoms with Gasteiger partial charge in [-0.2, -0.15) is 0 Å². The van der Waals surface area contributed by atoms with Crippen LogP contribution in [0.2, 0.25) is 0 Å². The summed E-state index contributed by atoms with van der Waals surface area (Å²) in [7, 11) is 1.78. The molecule has 26 heavy (non-hydrogen) atoms. The van der Waals surface area contributed by atoms with E-state index >= 15 is 0 Å². The number of carbonyl (C=O) groups is 1. The topological polar surface area (TPSA) is 58.8 Å². The maximum absolute atomic E-state index is 11.7. The lowest BCUT2D eigenvalue weighted by Crippen LogP contribution is -2.35. The lowest BCUT2D eigenvalue weighted by atomic mass is 10.0. The Balaban J connectivity index is 1.66. The molecule has 2 N–H and O–H groups in total. The molecule has 0 unspecified atom stereocenters. The molecule has 0 radical (unpaired) electrons. The number of carbonyl (C=O) groups excluding carboxylic acids is 1. The van der Waals surface area contributed by atoms with E-state index in [0.717, 1.165) is 44.0 Å². The standard InChI is InChI=1S/C21H27N3O2/c1-23(21(25)14-22)15-18-3-2-4-20(13-18)19-7-5-17(6-8-19)16-24-9-11-26-12-10-24/h2-8,13H,9-12,14-16,22H2,1H3. The van der Waals surface area contributed by atoms with Gasteiger partial charge < -0.3 is 15.4 Å². The van der Waals surface area contributed by atoms with E-state index in [1.54, 1.807) is 11.9 Å². The van der Waals surface area contributed by atoms with E-state index in [2.05, 4.69) is 41.3 Å². The summed E-state index contributed by atoms with van der Waals surface area (Å²) in [5.41, 5.74) is 10.2. The van der Waals surface area contributed by atoms with E-state index in [1.807, 2.05) is 12.1 Å². The number of nitrogens with zero attached hydrogens (tertiary/aromatic N) is 2. The maximum Gasteiger partial charge on any atom is 0.236 e. The second-order valence-corrected chi connectivity index (χ2v) is 6.74. The fraction of sp³-hybridized carbons (Fsp3) is 0.381. The molecule has 0 saturated carbocycles. The predicted octanol–water partition coefficient (Wildman–Crippen LogP) is 2.10. The van der Waals surface area contributed by atoms with Gasteiger partial charge in [-0.15, -0.1) is 0 Å². The van der Waals surface area contributed by atoms with Crippen LogP contribution in [0.25, 0.3) is 11.1 Å². The third-order valence-corrected chi connectivity index (χ3v) is 4.74. The van der Waals surface area contributed by atoms with Crippen LogP contribution in [0.3, 0.4) is 0 Å². The Morgan fingerprint density at radius 3 is 2.50 bits per heavy atom. The highest BCUT2D eigenvalue weighted by molar-refractivity contribution is 5.77. The quantitative estimate of drug-likeness (QED) is 0.864. The van der Waals surface area contributed by atoms with Gasteiger partial charge in [0, 0.05) is 33.2 Å². The van der Waals surface area contributed by atoms with Crippen molar-refractivity contribution in [2.45, 2.75) is 13.1 Å². The van der Waals surface area contributed by atoms with Gasteiger partial charge in [0.1, 0.15) is 0 Å². The van der Waals surface area contributed by atoms with Crippen molar-refractivity contribution in [1.29, 1.82) is 0 Å². The molecule has 0 spiro atoms. The summed E-state index contributed by atoms with van der Waals surface area (Å²) in [6.07, 6.45) is 0. The van der Waals surface area contributed by atoms with Crippen molar-refractivity contribution in [1.82, 2.24) is 9.80 Å². The molecule has 1 fully saturated rings. The van der Waals surface area contributed by atoms with E-state index in [9.17, 15) is 4.79 Å². The zero-order valence-electron chi connectivity index (χ0n) is 15.4. The molecule has 1 amide bonds. The Morgan fingerprint density at radius 1 is 1.08 bits per heavy atom. The van der Waals surface area contributed by atoms with Gasteiger partial charge in [-0.3, -0.25) is 9.69 Å². The van der Waals surface area contributed by atoms with Crippen LogP contribution < -0.4 is 5.73 Å². The van der Waals surface area contributed by atoms with E-state index < -0.39 is 0 Å². The summed E-state index contributed by atoms with van der Waals surface area (Å²) >= 11 is 0. The average Bonchev–Trinajstić information content (AvgIpc) is 2.69. The number of amides is 1. The molecule has 0 atom stereocenters. The third kappa shape index (κ3) is 4.91. The minimum atomic E-state index is -0.0529. The third-order valence-electron chi connectivity index (χ3n) is 4.74. The lowest BCUT2D eigenvalue weighted by molar-refractivity contribution is -0.128. The van der Waals surface area contributed by atoms with Crippen molar-refractivity contribution in [3.63, 3.8) is 0 Å². The van der Waals surface area contributed by atoms with Gasteiger partial charge in [0.05, 0.1) is 19.8 Å². The first kappa shape index (κ1) is 18.6. The van der Waals surface area contributed by atoms with Crippen molar-refractivity contribution in [2.24, 2.45) is 5.73 Å². The minimum absolute atomic E-state index is 0.0425. The van der Waals surface area contributed by atoms with Crippen LogP contribution in [0, 0.1) is 0 Å². The molecule has 5 heteroatoms. The Morgan fingerprint density at radius 2 is 1.81 bits per heavy atom. The largest absolute Gasteiger partial charge is 0.379 e. The SMILES string of the molecule is CN(Cc1cccc(-c2ccc(CN3CCOCC3)cc2)c1)C(=O)CN. The van der Waals surface area contributed by atoms with Crippen molar-refractivity contribution in [2.75, 3.05) is 39.9 Å². The molecule has 0 bridgehead atoms. The van der Waals surface area contributed by atoms with Gasteiger partial charge in [-0.05, 0) is 28.3 Å². The minimum Gasteiger partial charge on any atom is -0.379 e. The van der Waals surface area contributed by atoms with Crippen LogP contribution in [-0.2, 0) is 22.6 Å². The molecule has 5 nitrogen and oxygen atoms in total. The Labute approximate surface area is 155 Å². The number of benzene rings is 2. The van der Waals surface area contributed by atoms with Gasteiger partial charge in [0.25, 0.3) is 0 Å². The van der Waals surface area contributed by atoms with Crippen molar-refractivity contribution in [3.8, 4) is 11.1 Å². The predicted molar refractivity (Wildman–Crippen MR) is 104 cm³/mol. The number of morpholine rings is 1. The first-order chi connectivity index (χ1) is 12.7. The van der Waals surface area contributed by atoms with Crippen LogP contribution in [0.4, 0.5) is 0 Å². The van der Waals surface area contributed by atoms with Gasteiger partial charge in [0.2, 0.25) is 5.91 Å². The summed E-state index contributed by atoms with van der Waals surface area (Å²) in [4.78, 5) is 15.7. The zero-order valence-corrected chi connectivity index (χ0v) is 15.4. The zero-order chi connectivity index (χ0) is 18.4. The Bertz CT molecular complexity index is 724. The van der Waals surface area contributed by atoms with Gasteiger partial charge in [0.15, 0.2) is 0 Å². The molecular formula is C21H27N3O2. The van der Waals surface area contributed by atoms with Gasteiger partial charge in [-0.1, -0.05) is 42.5 Å². The van der Waals surface area contributed by atoms with Gasteiger partial charge in [-0.25, -0.2) is 0 Å². The molecule has 1 saturated heterocycles. The van der Waals surface area contributed by atoms with E-state index in [4.69, 9.17) is 10.5 Å². The summed E-state index contributed by atoms with van der Waals surface area (Å²) in [6.45, 7) is 5.23.